The zero-order valence-corrected chi connectivity index (χ0v) is 8.19. The third-order valence-electron chi connectivity index (χ3n) is 1.46. The summed E-state index contributed by atoms with van der Waals surface area (Å²) in [4.78, 5) is 32.6. The van der Waals surface area contributed by atoms with Crippen LogP contribution in [-0.4, -0.2) is 21.7 Å². The Balaban J connectivity index is 4.99. The molecule has 0 aromatic carbocycles. The van der Waals surface area contributed by atoms with E-state index in [4.69, 9.17) is 0 Å². The van der Waals surface area contributed by atoms with Crippen LogP contribution in [0.3, 0.4) is 0 Å². The van der Waals surface area contributed by atoms with Gasteiger partial charge in [0.05, 0.1) is 0 Å². The summed E-state index contributed by atoms with van der Waals surface area (Å²) in [6, 6.07) is 0. The summed E-state index contributed by atoms with van der Waals surface area (Å²) in [7, 11) is 0. The fraction of sp³-hybridized carbons (Fsp3) is 0.571. The first-order valence-electron chi connectivity index (χ1n) is 3.05. The van der Waals surface area contributed by atoms with Crippen molar-refractivity contribution in [1.29, 1.82) is 0 Å². The molecular formula is C7H9BrO3. The summed E-state index contributed by atoms with van der Waals surface area (Å²) in [5.41, 5.74) is 0. The van der Waals surface area contributed by atoms with Gasteiger partial charge >= 0.3 is 0 Å². The lowest BCUT2D eigenvalue weighted by atomic mass is 9.97. The van der Waals surface area contributed by atoms with Crippen molar-refractivity contribution < 1.29 is 14.4 Å². The first kappa shape index (κ1) is 10.5. The largest absolute Gasteiger partial charge is 0.297 e. The summed E-state index contributed by atoms with van der Waals surface area (Å²) in [6.45, 7) is 3.62. The summed E-state index contributed by atoms with van der Waals surface area (Å²) in [5, 5.41) is 0. The van der Waals surface area contributed by atoms with Gasteiger partial charge in [0.25, 0.3) is 0 Å². The van der Waals surface area contributed by atoms with E-state index in [1.807, 2.05) is 0 Å². The molecule has 0 saturated carbocycles. The number of alkyl halides is 1. The second-order valence-corrected chi connectivity index (χ2v) is 3.52. The molecule has 0 N–H and O–H groups in total. The number of ketones is 3. The predicted octanol–water partition coefficient (Wildman–Crippen LogP) is 0.887. The molecule has 11 heavy (non-hydrogen) atoms. The number of hydrogen-bond donors (Lipinski definition) is 0. The van der Waals surface area contributed by atoms with E-state index in [9.17, 15) is 14.4 Å². The molecule has 0 heterocycles. The van der Waals surface area contributed by atoms with E-state index in [-0.39, 0.29) is 0 Å². The number of carbonyl (C=O) groups is 3. The highest BCUT2D eigenvalue weighted by molar-refractivity contribution is 9.11. The Kier molecular flexibility index (Phi) is 3.11. The highest BCUT2D eigenvalue weighted by atomic mass is 79.9. The average Bonchev–Trinajstić information content (AvgIpc) is 1.84. The second kappa shape index (κ2) is 3.26. The maximum atomic E-state index is 10.9. The van der Waals surface area contributed by atoms with Gasteiger partial charge in [-0.25, -0.2) is 0 Å². The number of rotatable bonds is 3. The molecule has 62 valence electrons. The van der Waals surface area contributed by atoms with Crippen molar-refractivity contribution in [2.45, 2.75) is 25.1 Å². The molecule has 0 amide bonds. The monoisotopic (exact) mass is 220 g/mol. The van der Waals surface area contributed by atoms with Gasteiger partial charge in [-0.15, -0.1) is 0 Å². The molecule has 0 unspecified atom stereocenters. The van der Waals surface area contributed by atoms with Crippen LogP contribution in [0.5, 0.6) is 0 Å². The molecule has 0 saturated heterocycles. The van der Waals surface area contributed by atoms with Crippen LogP contribution in [0.1, 0.15) is 20.8 Å². The smallest absolute Gasteiger partial charge is 0.199 e. The standard InChI is InChI=1S/C7H9BrO3/c1-4(9)7(8,5(2)10)6(3)11/h1-3H3. The number of Topliss-reactive ketones (excluding diaryl/α,β-unsaturated/α-hetero) is 3. The SMILES string of the molecule is CC(=O)C(Br)(C(C)=O)C(C)=O. The molecule has 0 aromatic rings. The van der Waals surface area contributed by atoms with Gasteiger partial charge in [-0.1, -0.05) is 15.9 Å². The number of hydrogen-bond acceptors (Lipinski definition) is 3. The third kappa shape index (κ3) is 1.74. The highest BCUT2D eigenvalue weighted by Crippen LogP contribution is 2.21. The fourth-order valence-corrected chi connectivity index (χ4v) is 0.744. The van der Waals surface area contributed by atoms with Crippen molar-refractivity contribution in [2.75, 3.05) is 0 Å². The van der Waals surface area contributed by atoms with Gasteiger partial charge in [0.2, 0.25) is 0 Å². The van der Waals surface area contributed by atoms with Gasteiger partial charge in [0.1, 0.15) is 0 Å². The molecule has 0 bridgehead atoms. The lowest BCUT2D eigenvalue weighted by Crippen LogP contribution is -2.44. The average molecular weight is 221 g/mol. The van der Waals surface area contributed by atoms with Crippen molar-refractivity contribution in [3.05, 3.63) is 0 Å². The molecule has 0 rings (SSSR count). The van der Waals surface area contributed by atoms with Gasteiger partial charge in [0, 0.05) is 0 Å². The molecule has 3 nitrogen and oxygen atoms in total. The van der Waals surface area contributed by atoms with E-state index in [1.165, 1.54) is 20.8 Å². The van der Waals surface area contributed by atoms with Crippen LogP contribution >= 0.6 is 15.9 Å². The molecule has 0 atom stereocenters. The number of halogens is 1. The maximum absolute atomic E-state index is 10.9. The van der Waals surface area contributed by atoms with Crippen molar-refractivity contribution in [3.63, 3.8) is 0 Å². The molecule has 0 radical (unpaired) electrons. The van der Waals surface area contributed by atoms with E-state index >= 15 is 0 Å². The minimum Gasteiger partial charge on any atom is -0.297 e. The summed E-state index contributed by atoms with van der Waals surface area (Å²) in [5.74, 6) is -1.42. The van der Waals surface area contributed by atoms with Gasteiger partial charge in [-0.05, 0) is 20.8 Å². The Bertz CT molecular complexity index is 184. The minimum absolute atomic E-state index is 0.475. The van der Waals surface area contributed by atoms with Crippen LogP contribution in [0.4, 0.5) is 0 Å². The Morgan fingerprint density at radius 2 is 1.09 bits per heavy atom. The van der Waals surface area contributed by atoms with Crippen LogP contribution in [-0.2, 0) is 14.4 Å². The fourth-order valence-electron chi connectivity index (χ4n) is 0.744. The predicted molar refractivity (Wildman–Crippen MR) is 43.7 cm³/mol. The normalized spacial score (nSPS) is 10.9. The van der Waals surface area contributed by atoms with Gasteiger partial charge < -0.3 is 0 Å². The second-order valence-electron chi connectivity index (χ2n) is 2.33. The van der Waals surface area contributed by atoms with Crippen LogP contribution < -0.4 is 0 Å². The molecule has 0 fully saturated rings. The van der Waals surface area contributed by atoms with Gasteiger partial charge in [-0.3, -0.25) is 14.4 Å². The quantitative estimate of drug-likeness (QED) is 0.525. The van der Waals surface area contributed by atoms with E-state index in [0.717, 1.165) is 0 Å². The molecular weight excluding hydrogens is 212 g/mol. The first-order valence-corrected chi connectivity index (χ1v) is 3.84. The van der Waals surface area contributed by atoms with Crippen molar-refractivity contribution in [1.82, 2.24) is 0 Å². The topological polar surface area (TPSA) is 51.2 Å². The molecule has 0 aliphatic rings. The number of carbonyl (C=O) groups excluding carboxylic acids is 3. The van der Waals surface area contributed by atoms with Crippen LogP contribution in [0.25, 0.3) is 0 Å². The lowest BCUT2D eigenvalue weighted by Gasteiger charge is -2.16. The van der Waals surface area contributed by atoms with Crippen LogP contribution in [0, 0.1) is 0 Å². The Morgan fingerprint density at radius 3 is 1.09 bits per heavy atom. The van der Waals surface area contributed by atoms with Gasteiger partial charge in [-0.2, -0.15) is 0 Å². The van der Waals surface area contributed by atoms with E-state index < -0.39 is 21.7 Å². The summed E-state index contributed by atoms with van der Waals surface area (Å²) < 4.78 is -1.60. The highest BCUT2D eigenvalue weighted by Gasteiger charge is 2.42. The Morgan fingerprint density at radius 1 is 0.909 bits per heavy atom. The Labute approximate surface area is 73.3 Å². The summed E-state index contributed by atoms with van der Waals surface area (Å²) >= 11 is 2.83. The zero-order chi connectivity index (χ0) is 9.23. The zero-order valence-electron chi connectivity index (χ0n) is 6.60. The Hall–Kier alpha value is -0.510. The summed E-state index contributed by atoms with van der Waals surface area (Å²) in [6.07, 6.45) is 0. The molecule has 0 aliphatic carbocycles. The minimum atomic E-state index is -1.60. The van der Waals surface area contributed by atoms with Crippen molar-refractivity contribution in [2.24, 2.45) is 0 Å². The third-order valence-corrected chi connectivity index (χ3v) is 3.13. The molecule has 0 aromatic heterocycles. The molecule has 4 heteroatoms. The van der Waals surface area contributed by atoms with E-state index in [0.29, 0.717) is 0 Å². The first-order chi connectivity index (χ1) is 4.83. The van der Waals surface area contributed by atoms with Gasteiger partial charge in [0.15, 0.2) is 21.7 Å². The van der Waals surface area contributed by atoms with Crippen LogP contribution in [0.15, 0.2) is 0 Å². The van der Waals surface area contributed by atoms with E-state index in [2.05, 4.69) is 15.9 Å². The van der Waals surface area contributed by atoms with Crippen molar-refractivity contribution >= 4 is 33.3 Å². The lowest BCUT2D eigenvalue weighted by molar-refractivity contribution is -0.134. The van der Waals surface area contributed by atoms with Crippen LogP contribution in [0.2, 0.25) is 0 Å². The maximum Gasteiger partial charge on any atom is 0.199 e. The van der Waals surface area contributed by atoms with Crippen molar-refractivity contribution in [3.8, 4) is 0 Å². The molecule has 0 spiro atoms. The van der Waals surface area contributed by atoms with E-state index in [1.54, 1.807) is 0 Å². The molecule has 0 aliphatic heterocycles.